The molecule has 2 heterocycles. The van der Waals surface area contributed by atoms with E-state index in [2.05, 4.69) is 71.5 Å². The third kappa shape index (κ3) is 6.08. The van der Waals surface area contributed by atoms with Crippen molar-refractivity contribution < 1.29 is 0 Å². The molecule has 0 N–H and O–H groups in total. The third-order valence-corrected chi connectivity index (χ3v) is 4.22. The maximum atomic E-state index is 4.46. The molecule has 0 saturated carbocycles. The van der Waals surface area contributed by atoms with Gasteiger partial charge >= 0.3 is 0 Å². The average molecular weight is 319 g/mol. The summed E-state index contributed by atoms with van der Waals surface area (Å²) >= 11 is 0. The van der Waals surface area contributed by atoms with Gasteiger partial charge in [-0.1, -0.05) is 68.9 Å². The van der Waals surface area contributed by atoms with Crippen LogP contribution in [0.5, 0.6) is 0 Å². The van der Waals surface area contributed by atoms with Gasteiger partial charge in [-0.05, 0) is 40.4 Å². The second-order valence-electron chi connectivity index (χ2n) is 7.45. The zero-order valence-electron chi connectivity index (χ0n) is 15.8. The van der Waals surface area contributed by atoms with Gasteiger partial charge in [-0.25, -0.2) is 0 Å². The van der Waals surface area contributed by atoms with Crippen molar-refractivity contribution in [3.63, 3.8) is 0 Å². The Morgan fingerprint density at radius 1 is 0.826 bits per heavy atom. The summed E-state index contributed by atoms with van der Waals surface area (Å²) < 4.78 is 0. The van der Waals surface area contributed by atoms with Crippen molar-refractivity contribution >= 4 is 11.9 Å². The van der Waals surface area contributed by atoms with Gasteiger partial charge in [0.1, 0.15) is 0 Å². The maximum absolute atomic E-state index is 4.46. The summed E-state index contributed by atoms with van der Waals surface area (Å²) in [5, 5.41) is 0. The molecule has 0 radical (unpaired) electrons. The normalized spacial score (nSPS) is 16.9. The Balaban J connectivity index is 0.000000403. The Hall–Kier alpha value is -1.18. The van der Waals surface area contributed by atoms with Crippen LogP contribution in [0.4, 0.5) is 0 Å². The fourth-order valence-electron chi connectivity index (χ4n) is 2.94. The topological polar surface area (TPSA) is 24.7 Å². The van der Waals surface area contributed by atoms with Crippen molar-refractivity contribution in [3.8, 4) is 0 Å². The minimum atomic E-state index is 0. The van der Waals surface area contributed by atoms with Gasteiger partial charge in [0.05, 0.1) is 13.1 Å². The molecule has 23 heavy (non-hydrogen) atoms. The van der Waals surface area contributed by atoms with E-state index in [0.29, 0.717) is 23.7 Å². The summed E-state index contributed by atoms with van der Waals surface area (Å²) in [7, 11) is 0. The van der Waals surface area contributed by atoms with Crippen molar-refractivity contribution in [2.24, 2.45) is 33.7 Å². The predicted octanol–water partition coefficient (Wildman–Crippen LogP) is 5.99. The summed E-state index contributed by atoms with van der Waals surface area (Å²) in [5.41, 5.74) is 5.76. The van der Waals surface area contributed by atoms with Crippen LogP contribution in [0.1, 0.15) is 62.8 Å². The molecule has 0 saturated heterocycles. The van der Waals surface area contributed by atoms with Gasteiger partial charge in [-0.3, -0.25) is 9.98 Å². The molecule has 2 aliphatic heterocycles. The van der Waals surface area contributed by atoms with Crippen LogP contribution < -0.4 is 0 Å². The molecule has 0 unspecified atom stereocenters. The summed E-state index contributed by atoms with van der Waals surface area (Å²) in [5.74, 6) is 2.53. The maximum Gasteiger partial charge on any atom is 0.0608 e. The largest absolute Gasteiger partial charge is 0.288 e. The summed E-state index contributed by atoms with van der Waals surface area (Å²) in [6.07, 6.45) is 4.29. The highest BCUT2D eigenvalue weighted by atomic mass is 14.8. The van der Waals surface area contributed by atoms with Crippen LogP contribution in [-0.2, 0) is 0 Å². The number of rotatable bonds is 4. The van der Waals surface area contributed by atoms with Crippen molar-refractivity contribution in [2.75, 3.05) is 13.1 Å². The molecule has 0 aromatic heterocycles. The number of hydrogen-bond donors (Lipinski definition) is 0. The highest BCUT2D eigenvalue weighted by Crippen LogP contribution is 2.24. The highest BCUT2D eigenvalue weighted by molar-refractivity contribution is 6.03. The first-order valence-electron chi connectivity index (χ1n) is 8.73. The molecule has 0 aromatic rings. The number of nitrogens with zero attached hydrogens (tertiary/aromatic N) is 2. The van der Waals surface area contributed by atoms with Crippen molar-refractivity contribution in [2.45, 2.75) is 62.8 Å². The molecule has 0 atom stereocenters. The molecule has 2 aliphatic rings. The van der Waals surface area contributed by atoms with Crippen LogP contribution in [-0.4, -0.2) is 25.0 Å². The number of aliphatic imine (C=N–C) groups is 2. The smallest absolute Gasteiger partial charge is 0.0608 e. The van der Waals surface area contributed by atoms with Crippen LogP contribution >= 0.6 is 0 Å². The van der Waals surface area contributed by atoms with Gasteiger partial charge in [0.15, 0.2) is 0 Å². The van der Waals surface area contributed by atoms with Crippen LogP contribution in [0, 0.1) is 23.7 Å². The molecule has 0 aliphatic carbocycles. The van der Waals surface area contributed by atoms with E-state index in [-0.39, 0.29) is 7.43 Å². The van der Waals surface area contributed by atoms with Crippen LogP contribution in [0.25, 0.3) is 0 Å². The van der Waals surface area contributed by atoms with E-state index < -0.39 is 0 Å². The molecule has 132 valence electrons. The summed E-state index contributed by atoms with van der Waals surface area (Å²) in [4.78, 5) is 8.75. The third-order valence-electron chi connectivity index (χ3n) is 4.22. The Labute approximate surface area is 144 Å². The van der Waals surface area contributed by atoms with Crippen molar-refractivity contribution in [3.05, 3.63) is 22.8 Å². The van der Waals surface area contributed by atoms with Gasteiger partial charge in [-0.2, -0.15) is 0 Å². The molecule has 2 nitrogen and oxygen atoms in total. The molecular formula is C21H38N2. The Morgan fingerprint density at radius 2 is 1.43 bits per heavy atom. The van der Waals surface area contributed by atoms with Crippen LogP contribution in [0.3, 0.4) is 0 Å². The van der Waals surface area contributed by atoms with Crippen LogP contribution in [0.15, 0.2) is 32.8 Å². The van der Waals surface area contributed by atoms with Gasteiger partial charge < -0.3 is 0 Å². The molecule has 0 bridgehead atoms. The standard InChI is InChI=1S/2C10H17N.CH4/c1-7(2)9-5-11-6-10(9)8(3)4;1-7(2)9-5-6-11-10(9)8(3)4;/h2*5,7-8H,6H2,1-4H3;1H4. The average Bonchev–Trinajstić information content (AvgIpc) is 3.08. The van der Waals surface area contributed by atoms with Crippen LogP contribution in [0.2, 0.25) is 0 Å². The van der Waals surface area contributed by atoms with E-state index in [1.807, 2.05) is 6.21 Å². The molecule has 2 rings (SSSR count). The second-order valence-corrected chi connectivity index (χ2v) is 7.45. The lowest BCUT2D eigenvalue weighted by Crippen LogP contribution is -2.12. The van der Waals surface area contributed by atoms with Gasteiger partial charge in [-0.15, -0.1) is 0 Å². The first-order chi connectivity index (χ1) is 10.3. The molecular weight excluding hydrogens is 280 g/mol. The number of hydrogen-bond acceptors (Lipinski definition) is 2. The molecule has 0 fully saturated rings. The van der Waals surface area contributed by atoms with Gasteiger partial charge in [0.25, 0.3) is 0 Å². The molecule has 0 amide bonds. The second kappa shape index (κ2) is 9.85. The first-order valence-corrected chi connectivity index (χ1v) is 8.73. The van der Waals surface area contributed by atoms with Gasteiger partial charge in [0.2, 0.25) is 0 Å². The Bertz CT molecular complexity index is 464. The minimum absolute atomic E-state index is 0. The van der Waals surface area contributed by atoms with Crippen molar-refractivity contribution in [1.82, 2.24) is 0 Å². The van der Waals surface area contributed by atoms with E-state index in [9.17, 15) is 0 Å². The van der Waals surface area contributed by atoms with Gasteiger partial charge in [0, 0.05) is 11.9 Å². The molecule has 2 heteroatoms. The first kappa shape index (κ1) is 21.8. The highest BCUT2D eigenvalue weighted by Gasteiger charge is 2.17. The van der Waals surface area contributed by atoms with E-state index in [0.717, 1.165) is 13.1 Å². The summed E-state index contributed by atoms with van der Waals surface area (Å²) in [6.45, 7) is 19.7. The van der Waals surface area contributed by atoms with Crippen molar-refractivity contribution in [1.29, 1.82) is 0 Å². The Kier molecular flexibility index (Phi) is 9.34. The Morgan fingerprint density at radius 3 is 1.78 bits per heavy atom. The fourth-order valence-corrected chi connectivity index (χ4v) is 2.94. The van der Waals surface area contributed by atoms with E-state index in [1.54, 1.807) is 0 Å². The fraction of sp³-hybridized carbons (Fsp3) is 0.714. The lowest BCUT2D eigenvalue weighted by atomic mass is 9.93. The number of allylic oxidation sites excluding steroid dienone is 2. The quantitative estimate of drug-likeness (QED) is 0.608. The monoisotopic (exact) mass is 318 g/mol. The van der Waals surface area contributed by atoms with E-state index >= 15 is 0 Å². The molecule has 0 aromatic carbocycles. The SMILES string of the molecule is C.CC(C)C1=C(C(C)C)CN=C1.CC(C)C1=CCN=C1C(C)C. The minimum Gasteiger partial charge on any atom is -0.288 e. The zero-order valence-corrected chi connectivity index (χ0v) is 15.8. The van der Waals surface area contributed by atoms with E-state index in [1.165, 1.54) is 22.4 Å². The summed E-state index contributed by atoms with van der Waals surface area (Å²) in [6, 6.07) is 0. The lowest BCUT2D eigenvalue weighted by Gasteiger charge is -2.12. The van der Waals surface area contributed by atoms with E-state index in [4.69, 9.17) is 0 Å². The predicted molar refractivity (Wildman–Crippen MR) is 107 cm³/mol. The molecule has 0 spiro atoms. The zero-order chi connectivity index (χ0) is 16.9. The lowest BCUT2D eigenvalue weighted by molar-refractivity contribution is 0.712.